The molecule has 10 heteroatoms. The SMILES string of the molecule is C[N+]1(C)[C@@H]2CC(OC(=O)Nc3cc(CCCC(=O)Nc4ccc(C=O)cc4Cl)ccc3-c3ccccc3)C[C@H]1[C@@H]1O[C@@H]12.[I-]. The molecular weight excluding hydrogens is 681 g/mol. The number of nitrogens with one attached hydrogen (secondary N) is 2. The Balaban J connectivity index is 0.00000368. The number of benzene rings is 3. The number of aldehydes is 1. The molecule has 43 heavy (non-hydrogen) atoms. The Bertz CT molecular complexity index is 1500. The Labute approximate surface area is 273 Å². The number of nitrogens with zero attached hydrogens (tertiary/aromatic N) is 1. The van der Waals surface area contributed by atoms with Gasteiger partial charge in [-0.25, -0.2) is 4.79 Å². The van der Waals surface area contributed by atoms with Crippen LogP contribution in [0.1, 0.15) is 41.6 Å². The molecule has 0 aliphatic carbocycles. The summed E-state index contributed by atoms with van der Waals surface area (Å²) < 4.78 is 12.8. The van der Waals surface area contributed by atoms with Crippen LogP contribution < -0.4 is 34.6 Å². The zero-order chi connectivity index (χ0) is 29.4. The van der Waals surface area contributed by atoms with Crippen LogP contribution >= 0.6 is 11.6 Å². The number of carbonyl (C=O) groups excluding carboxylic acids is 3. The number of likely N-dealkylation sites (N-methyl/N-ethyl adjacent to an activating group) is 1. The molecule has 3 aromatic rings. The van der Waals surface area contributed by atoms with Gasteiger partial charge in [-0.05, 0) is 48.2 Å². The highest BCUT2D eigenvalue weighted by atomic mass is 127. The summed E-state index contributed by atoms with van der Waals surface area (Å²) in [5.74, 6) is -0.162. The Morgan fingerprint density at radius 1 is 0.977 bits per heavy atom. The fraction of sp³-hybridized carbons (Fsp3) is 0.364. The van der Waals surface area contributed by atoms with Crippen LogP contribution in [0.5, 0.6) is 0 Å². The maximum Gasteiger partial charge on any atom is 0.411 e. The van der Waals surface area contributed by atoms with Crippen molar-refractivity contribution in [1.82, 2.24) is 0 Å². The normalized spacial score (nSPS) is 24.2. The first-order valence-corrected chi connectivity index (χ1v) is 14.8. The van der Waals surface area contributed by atoms with Crippen molar-refractivity contribution in [2.75, 3.05) is 24.7 Å². The van der Waals surface area contributed by atoms with Gasteiger partial charge in [0.15, 0.2) is 0 Å². The Morgan fingerprint density at radius 2 is 1.70 bits per heavy atom. The molecule has 2 bridgehead atoms. The van der Waals surface area contributed by atoms with Gasteiger partial charge >= 0.3 is 6.09 Å². The molecule has 8 nitrogen and oxygen atoms in total. The number of morpholine rings is 1. The molecule has 3 fully saturated rings. The smallest absolute Gasteiger partial charge is 0.411 e. The highest BCUT2D eigenvalue weighted by Gasteiger charge is 2.70. The van der Waals surface area contributed by atoms with Gasteiger partial charge < -0.3 is 43.3 Å². The van der Waals surface area contributed by atoms with E-state index in [0.717, 1.165) is 34.0 Å². The van der Waals surface area contributed by atoms with E-state index >= 15 is 0 Å². The van der Waals surface area contributed by atoms with Gasteiger partial charge in [0.1, 0.15) is 36.7 Å². The van der Waals surface area contributed by atoms with Gasteiger partial charge in [-0.1, -0.05) is 54.1 Å². The molecule has 1 unspecified atom stereocenters. The number of rotatable bonds is 9. The number of amides is 2. The zero-order valence-corrected chi connectivity index (χ0v) is 27.0. The number of hydrogen-bond acceptors (Lipinski definition) is 5. The molecule has 3 aliphatic rings. The number of ether oxygens (including phenoxy) is 2. The van der Waals surface area contributed by atoms with Crippen molar-refractivity contribution in [2.45, 2.75) is 62.5 Å². The second kappa shape index (κ2) is 12.9. The third-order valence-corrected chi connectivity index (χ3v) is 9.30. The topological polar surface area (TPSA) is 97.0 Å². The number of epoxide rings is 1. The average molecular weight is 716 g/mol. The van der Waals surface area contributed by atoms with E-state index in [9.17, 15) is 14.4 Å². The van der Waals surface area contributed by atoms with Crippen LogP contribution in [0.4, 0.5) is 16.2 Å². The number of hydrogen-bond donors (Lipinski definition) is 2. The third-order valence-electron chi connectivity index (χ3n) is 8.99. The van der Waals surface area contributed by atoms with E-state index in [-0.39, 0.29) is 36.0 Å². The third kappa shape index (κ3) is 6.74. The first-order valence-electron chi connectivity index (χ1n) is 14.4. The Kier molecular flexibility index (Phi) is 9.46. The molecule has 3 aromatic carbocycles. The van der Waals surface area contributed by atoms with Crippen LogP contribution in [0.15, 0.2) is 66.7 Å². The van der Waals surface area contributed by atoms with Crippen molar-refractivity contribution in [3.63, 3.8) is 0 Å². The fourth-order valence-corrected chi connectivity index (χ4v) is 6.92. The number of halogens is 2. The van der Waals surface area contributed by atoms with Crippen molar-refractivity contribution >= 4 is 41.3 Å². The summed E-state index contributed by atoms with van der Waals surface area (Å²) in [4.78, 5) is 36.6. The van der Waals surface area contributed by atoms with E-state index < -0.39 is 6.09 Å². The van der Waals surface area contributed by atoms with Crippen molar-refractivity contribution in [1.29, 1.82) is 0 Å². The number of anilines is 2. The maximum absolute atomic E-state index is 13.2. The van der Waals surface area contributed by atoms with E-state index in [1.807, 2.05) is 48.5 Å². The summed E-state index contributed by atoms with van der Waals surface area (Å²) in [6, 6.07) is 21.4. The van der Waals surface area contributed by atoms with Crippen LogP contribution in [-0.4, -0.2) is 67.3 Å². The largest absolute Gasteiger partial charge is 1.00 e. The van der Waals surface area contributed by atoms with Gasteiger partial charge in [-0.2, -0.15) is 0 Å². The number of fused-ring (bicyclic) bond motifs is 5. The lowest BCUT2D eigenvalue weighted by molar-refractivity contribution is -0.938. The summed E-state index contributed by atoms with van der Waals surface area (Å²) in [6.45, 7) is 0. The van der Waals surface area contributed by atoms with E-state index in [0.29, 0.717) is 71.8 Å². The molecule has 0 spiro atoms. The van der Waals surface area contributed by atoms with E-state index in [1.54, 1.807) is 12.1 Å². The Hall–Kier alpha value is -2.99. The van der Waals surface area contributed by atoms with Crippen LogP contribution in [0.2, 0.25) is 5.02 Å². The predicted octanol–water partition coefficient (Wildman–Crippen LogP) is 3.09. The van der Waals surface area contributed by atoms with Crippen molar-refractivity contribution in [3.8, 4) is 11.1 Å². The minimum absolute atomic E-state index is 0. The van der Waals surface area contributed by atoms with E-state index in [4.69, 9.17) is 21.1 Å². The monoisotopic (exact) mass is 715 g/mol. The number of carbonyl (C=O) groups is 3. The molecule has 0 saturated carbocycles. The lowest BCUT2D eigenvalue weighted by atomic mass is 9.96. The molecule has 3 heterocycles. The van der Waals surface area contributed by atoms with E-state index in [2.05, 4.69) is 24.7 Å². The van der Waals surface area contributed by atoms with E-state index in [1.165, 1.54) is 6.07 Å². The van der Waals surface area contributed by atoms with Crippen LogP contribution in [0, 0.1) is 0 Å². The van der Waals surface area contributed by atoms with Gasteiger partial charge in [-0.15, -0.1) is 0 Å². The Morgan fingerprint density at radius 3 is 2.37 bits per heavy atom. The maximum atomic E-state index is 13.2. The molecular formula is C33H35ClIN3O5. The average Bonchev–Trinajstić information content (AvgIpc) is 3.73. The standard InChI is InChI=1S/C33H34ClN3O5.HI/c1-37(2)28-17-23(18-29(37)32-31(28)42-32)41-33(40)36-27-16-20(11-13-24(27)22-8-4-3-5-9-22)7-6-10-30(39)35-26-14-12-21(19-38)15-25(26)34;/h3-5,8-9,11-16,19,23,28-29,31-32H,6-7,10,17-18H2,1-2H3,(H-,35,36,38,39,40);1H/t23?,28-,29+,31-,32+;. The fourth-order valence-electron chi connectivity index (χ4n) is 6.68. The second-order valence-corrected chi connectivity index (χ2v) is 12.4. The van der Waals surface area contributed by atoms with Gasteiger partial charge in [0.25, 0.3) is 0 Å². The summed E-state index contributed by atoms with van der Waals surface area (Å²) >= 11 is 6.18. The molecule has 226 valence electrons. The van der Waals surface area contributed by atoms with Crippen LogP contribution in [0.25, 0.3) is 11.1 Å². The highest BCUT2D eigenvalue weighted by molar-refractivity contribution is 6.34. The molecule has 5 atom stereocenters. The number of quaternary nitrogens is 1. The van der Waals surface area contributed by atoms with Gasteiger partial charge in [0.2, 0.25) is 5.91 Å². The van der Waals surface area contributed by atoms with Crippen molar-refractivity contribution in [2.24, 2.45) is 0 Å². The van der Waals surface area contributed by atoms with Crippen LogP contribution in [-0.2, 0) is 20.7 Å². The lowest BCUT2D eigenvalue weighted by Gasteiger charge is -2.45. The molecule has 6 rings (SSSR count). The second-order valence-electron chi connectivity index (χ2n) is 12.0. The molecule has 0 radical (unpaired) electrons. The highest BCUT2D eigenvalue weighted by Crippen LogP contribution is 2.51. The predicted molar refractivity (Wildman–Crippen MR) is 162 cm³/mol. The number of piperidine rings is 1. The molecule has 2 N–H and O–H groups in total. The number of aryl methyl sites for hydroxylation is 1. The minimum atomic E-state index is -0.451. The summed E-state index contributed by atoms with van der Waals surface area (Å²) in [7, 11) is 4.51. The summed E-state index contributed by atoms with van der Waals surface area (Å²) in [5.41, 5.74) is 4.49. The first kappa shape index (κ1) is 31.4. The minimum Gasteiger partial charge on any atom is -1.00 e. The summed E-state index contributed by atoms with van der Waals surface area (Å²) in [6.07, 6.45) is 3.87. The molecule has 2 amide bonds. The molecule has 0 aromatic heterocycles. The van der Waals surface area contributed by atoms with Crippen molar-refractivity contribution in [3.05, 3.63) is 82.9 Å². The van der Waals surface area contributed by atoms with Gasteiger partial charge in [-0.3, -0.25) is 14.9 Å². The van der Waals surface area contributed by atoms with Crippen LogP contribution in [0.3, 0.4) is 0 Å². The first-order chi connectivity index (χ1) is 20.2. The summed E-state index contributed by atoms with van der Waals surface area (Å²) in [5, 5.41) is 6.15. The lowest BCUT2D eigenvalue weighted by Crippen LogP contribution is -3.00. The van der Waals surface area contributed by atoms with Gasteiger partial charge in [0.05, 0.1) is 30.5 Å². The molecule has 3 saturated heterocycles. The van der Waals surface area contributed by atoms with Gasteiger partial charge in [0, 0.05) is 30.4 Å². The molecule has 3 aliphatic heterocycles. The van der Waals surface area contributed by atoms with Crippen molar-refractivity contribution < 1.29 is 52.3 Å². The quantitative estimate of drug-likeness (QED) is 0.154. The zero-order valence-electron chi connectivity index (χ0n) is 24.1.